The number of carbonyl (C=O) groups is 1. The SMILES string of the molecule is CCC/C(=C/C(=O)OCC)OC. The monoisotopic (exact) mass is 172 g/mol. The largest absolute Gasteiger partial charge is 0.501 e. The Bertz CT molecular complexity index is 161. The molecule has 0 fully saturated rings. The van der Waals surface area contributed by atoms with E-state index < -0.39 is 0 Å². The van der Waals surface area contributed by atoms with Gasteiger partial charge in [-0.2, -0.15) is 0 Å². The van der Waals surface area contributed by atoms with Gasteiger partial charge in [-0.05, 0) is 13.3 Å². The van der Waals surface area contributed by atoms with Gasteiger partial charge in [-0.1, -0.05) is 6.92 Å². The van der Waals surface area contributed by atoms with Crippen LogP contribution in [0, 0.1) is 0 Å². The molecule has 0 N–H and O–H groups in total. The van der Waals surface area contributed by atoms with Gasteiger partial charge >= 0.3 is 5.97 Å². The lowest BCUT2D eigenvalue weighted by Gasteiger charge is -2.03. The molecule has 0 aromatic carbocycles. The molecule has 0 saturated carbocycles. The summed E-state index contributed by atoms with van der Waals surface area (Å²) < 4.78 is 9.69. The van der Waals surface area contributed by atoms with Crippen LogP contribution in [0.2, 0.25) is 0 Å². The van der Waals surface area contributed by atoms with E-state index >= 15 is 0 Å². The number of rotatable bonds is 5. The Morgan fingerprint density at radius 2 is 2.08 bits per heavy atom. The summed E-state index contributed by atoms with van der Waals surface area (Å²) >= 11 is 0. The van der Waals surface area contributed by atoms with Crippen molar-refractivity contribution in [3.63, 3.8) is 0 Å². The van der Waals surface area contributed by atoms with Crippen molar-refractivity contribution in [3.05, 3.63) is 11.8 Å². The Morgan fingerprint density at radius 1 is 1.42 bits per heavy atom. The van der Waals surface area contributed by atoms with Gasteiger partial charge in [-0.3, -0.25) is 0 Å². The maximum absolute atomic E-state index is 10.9. The second-order valence-corrected chi connectivity index (χ2v) is 2.32. The zero-order valence-corrected chi connectivity index (χ0v) is 7.92. The molecule has 0 rings (SSSR count). The van der Waals surface area contributed by atoms with Crippen LogP contribution >= 0.6 is 0 Å². The molecule has 0 radical (unpaired) electrons. The van der Waals surface area contributed by atoms with Crippen molar-refractivity contribution >= 4 is 5.97 Å². The Kier molecular flexibility index (Phi) is 6.15. The number of methoxy groups -OCH3 is 1. The van der Waals surface area contributed by atoms with Crippen molar-refractivity contribution in [3.8, 4) is 0 Å². The summed E-state index contributed by atoms with van der Waals surface area (Å²) in [6.07, 6.45) is 3.13. The Balaban J connectivity index is 3.98. The van der Waals surface area contributed by atoms with Crippen molar-refractivity contribution in [2.24, 2.45) is 0 Å². The molecule has 0 aliphatic rings. The minimum Gasteiger partial charge on any atom is -0.501 e. The number of esters is 1. The lowest BCUT2D eigenvalue weighted by molar-refractivity contribution is -0.137. The summed E-state index contributed by atoms with van der Waals surface area (Å²) in [4.78, 5) is 10.9. The van der Waals surface area contributed by atoms with E-state index in [0.29, 0.717) is 12.4 Å². The zero-order chi connectivity index (χ0) is 9.40. The van der Waals surface area contributed by atoms with E-state index in [1.165, 1.54) is 6.08 Å². The highest BCUT2D eigenvalue weighted by atomic mass is 16.5. The fourth-order valence-electron chi connectivity index (χ4n) is 0.795. The molecule has 0 amide bonds. The summed E-state index contributed by atoms with van der Waals surface area (Å²) in [7, 11) is 1.56. The maximum Gasteiger partial charge on any atom is 0.334 e. The molecular formula is C9H16O3. The normalized spacial score (nSPS) is 11.1. The molecule has 0 aromatic rings. The topological polar surface area (TPSA) is 35.5 Å². The molecule has 0 aliphatic heterocycles. The highest BCUT2D eigenvalue weighted by Gasteiger charge is 2.00. The number of carbonyl (C=O) groups excluding carboxylic acids is 1. The van der Waals surface area contributed by atoms with Crippen LogP contribution in [-0.4, -0.2) is 19.7 Å². The van der Waals surface area contributed by atoms with Gasteiger partial charge in [0.15, 0.2) is 0 Å². The second kappa shape index (κ2) is 6.70. The molecule has 0 bridgehead atoms. The van der Waals surface area contributed by atoms with Gasteiger partial charge in [0, 0.05) is 6.42 Å². The molecular weight excluding hydrogens is 156 g/mol. The predicted octanol–water partition coefficient (Wildman–Crippen LogP) is 1.88. The molecule has 0 atom stereocenters. The first-order chi connectivity index (χ1) is 5.74. The third-order valence-electron chi connectivity index (χ3n) is 1.32. The summed E-state index contributed by atoms with van der Waals surface area (Å²) in [5, 5.41) is 0. The lowest BCUT2D eigenvalue weighted by Crippen LogP contribution is -2.02. The number of ether oxygens (including phenoxy) is 2. The van der Waals surface area contributed by atoms with Crippen LogP contribution in [0.15, 0.2) is 11.8 Å². The summed E-state index contributed by atoms with van der Waals surface area (Å²) in [5.74, 6) is 0.346. The van der Waals surface area contributed by atoms with E-state index in [-0.39, 0.29) is 5.97 Å². The van der Waals surface area contributed by atoms with Crippen molar-refractivity contribution < 1.29 is 14.3 Å². The van der Waals surface area contributed by atoms with E-state index in [0.717, 1.165) is 12.8 Å². The quantitative estimate of drug-likeness (QED) is 0.361. The summed E-state index contributed by atoms with van der Waals surface area (Å²) in [6, 6.07) is 0. The molecule has 0 unspecified atom stereocenters. The highest BCUT2D eigenvalue weighted by Crippen LogP contribution is 2.04. The first kappa shape index (κ1) is 11.0. The Labute approximate surface area is 73.4 Å². The average molecular weight is 172 g/mol. The predicted molar refractivity (Wildman–Crippen MR) is 46.6 cm³/mol. The minimum absolute atomic E-state index is 0.331. The summed E-state index contributed by atoms with van der Waals surface area (Å²) in [5.41, 5.74) is 0. The third-order valence-corrected chi connectivity index (χ3v) is 1.32. The van der Waals surface area contributed by atoms with Gasteiger partial charge < -0.3 is 9.47 Å². The van der Waals surface area contributed by atoms with Crippen molar-refractivity contribution in [2.45, 2.75) is 26.7 Å². The smallest absolute Gasteiger partial charge is 0.334 e. The Morgan fingerprint density at radius 3 is 2.50 bits per heavy atom. The van der Waals surface area contributed by atoms with Crippen molar-refractivity contribution in [1.29, 1.82) is 0 Å². The van der Waals surface area contributed by atoms with Crippen LogP contribution in [0.3, 0.4) is 0 Å². The van der Waals surface area contributed by atoms with Gasteiger partial charge in [-0.15, -0.1) is 0 Å². The zero-order valence-electron chi connectivity index (χ0n) is 7.92. The molecule has 0 spiro atoms. The van der Waals surface area contributed by atoms with Gasteiger partial charge in [0.05, 0.1) is 19.8 Å². The van der Waals surface area contributed by atoms with Crippen LogP contribution in [0.4, 0.5) is 0 Å². The third kappa shape index (κ3) is 4.77. The Hall–Kier alpha value is -0.990. The maximum atomic E-state index is 10.9. The van der Waals surface area contributed by atoms with Gasteiger partial charge in [-0.25, -0.2) is 4.79 Å². The highest BCUT2D eigenvalue weighted by molar-refractivity contribution is 5.82. The summed E-state index contributed by atoms with van der Waals surface area (Å²) in [6.45, 7) is 4.20. The van der Waals surface area contributed by atoms with Crippen molar-refractivity contribution in [2.75, 3.05) is 13.7 Å². The van der Waals surface area contributed by atoms with E-state index in [4.69, 9.17) is 9.47 Å². The van der Waals surface area contributed by atoms with Gasteiger partial charge in [0.2, 0.25) is 0 Å². The fraction of sp³-hybridized carbons (Fsp3) is 0.667. The molecule has 3 nitrogen and oxygen atoms in total. The van der Waals surface area contributed by atoms with Crippen LogP contribution < -0.4 is 0 Å². The first-order valence-electron chi connectivity index (χ1n) is 4.15. The molecule has 0 saturated heterocycles. The van der Waals surface area contributed by atoms with Crippen LogP contribution in [-0.2, 0) is 14.3 Å². The van der Waals surface area contributed by atoms with Crippen LogP contribution in [0.1, 0.15) is 26.7 Å². The standard InChI is InChI=1S/C9H16O3/c1-4-6-8(11-3)7-9(10)12-5-2/h7H,4-6H2,1-3H3/b8-7-. The minimum atomic E-state index is -0.331. The van der Waals surface area contributed by atoms with E-state index in [1.807, 2.05) is 6.92 Å². The van der Waals surface area contributed by atoms with E-state index in [2.05, 4.69) is 0 Å². The lowest BCUT2D eigenvalue weighted by atomic mass is 10.3. The molecule has 3 heteroatoms. The van der Waals surface area contributed by atoms with Gasteiger partial charge in [0.1, 0.15) is 5.76 Å². The van der Waals surface area contributed by atoms with E-state index in [9.17, 15) is 4.79 Å². The van der Waals surface area contributed by atoms with Crippen LogP contribution in [0.25, 0.3) is 0 Å². The first-order valence-corrected chi connectivity index (χ1v) is 4.15. The fourth-order valence-corrected chi connectivity index (χ4v) is 0.795. The van der Waals surface area contributed by atoms with Crippen molar-refractivity contribution in [1.82, 2.24) is 0 Å². The molecule has 0 heterocycles. The second-order valence-electron chi connectivity index (χ2n) is 2.32. The molecule has 70 valence electrons. The number of hydrogen-bond acceptors (Lipinski definition) is 3. The molecule has 12 heavy (non-hydrogen) atoms. The van der Waals surface area contributed by atoms with Gasteiger partial charge in [0.25, 0.3) is 0 Å². The molecule has 0 aliphatic carbocycles. The molecule has 0 aromatic heterocycles. The van der Waals surface area contributed by atoms with Crippen LogP contribution in [0.5, 0.6) is 0 Å². The average Bonchev–Trinajstić information content (AvgIpc) is 2.04. The number of hydrogen-bond donors (Lipinski definition) is 0. The number of allylic oxidation sites excluding steroid dienone is 1. The van der Waals surface area contributed by atoms with E-state index in [1.54, 1.807) is 14.0 Å².